The van der Waals surface area contributed by atoms with Gasteiger partial charge in [0.25, 0.3) is 0 Å². The Bertz CT molecular complexity index is 3190. The lowest BCUT2D eigenvalue weighted by atomic mass is 9.61. The molecule has 7 nitrogen and oxygen atoms in total. The van der Waals surface area contributed by atoms with Crippen molar-refractivity contribution in [2.75, 3.05) is 6.61 Å². The lowest BCUT2D eigenvalue weighted by Crippen LogP contribution is -2.49. The third-order valence-electron chi connectivity index (χ3n) is 32.0. The second kappa shape index (κ2) is 32.3. The van der Waals surface area contributed by atoms with E-state index in [1.165, 1.54) is 99.3 Å². The molecule has 14 atom stereocenters. The molecule has 0 radical (unpaired) electrons. The Labute approximate surface area is 656 Å². The van der Waals surface area contributed by atoms with Gasteiger partial charge in [0.15, 0.2) is 49.9 Å². The van der Waals surface area contributed by atoms with Crippen LogP contribution in [0.5, 0.6) is 0 Å². The van der Waals surface area contributed by atoms with E-state index in [0.29, 0.717) is 51.8 Å². The van der Waals surface area contributed by atoms with Crippen LogP contribution in [0.25, 0.3) is 0 Å². The van der Waals surface area contributed by atoms with Crippen molar-refractivity contribution in [1.29, 1.82) is 0 Å². The van der Waals surface area contributed by atoms with Gasteiger partial charge in [-0.15, -0.1) is 0 Å². The molecular formula is C92H168O7Si6. The van der Waals surface area contributed by atoms with Crippen molar-refractivity contribution in [1.82, 2.24) is 0 Å². The van der Waals surface area contributed by atoms with E-state index in [9.17, 15) is 5.11 Å². The lowest BCUT2D eigenvalue weighted by molar-refractivity contribution is 0.0883. The van der Waals surface area contributed by atoms with Gasteiger partial charge in [0.1, 0.15) is 0 Å². The summed E-state index contributed by atoms with van der Waals surface area (Å²) in [5, 5.41) is 11.5. The second-order valence-corrected chi connectivity index (χ2v) is 74.5. The van der Waals surface area contributed by atoms with Gasteiger partial charge in [-0.05, 0) is 286 Å². The fourth-order valence-corrected chi connectivity index (χ4v) is 25.6. The standard InChI is InChI=1S/C46H84O4Si3.C46H84O3Si3/c1-33(21-26-41(46(32-47)28-29-46)50-53(17,18)44(9,10)11)38-24-25-39-35(20-19-27-45(38,39)12)22-23-36-30-37(48-51(13,14)42(3,4)5)31-40(34(36)2)49-52(15,16)43(6,7)8;1-33(22-27-41(45(12)29-30-45)49-52(18,19)44(9,10)11)38-25-26-39-35(21-20-28-46(38,39)13)23-24-36-31-37(47-50(14,15)42(3,4)5)32-40(34(36)2)48-51(16,17)43(6,7)8/h21-23,26,33,37-41,47H,2,19-20,24-25,27-32H2,1,3-18H3;22-24,27,33,37-41H,2,20-21,25-26,28-32H2,1,3-19H3/b26-21+,35-22+,36-23-;27-22+,35-23+,36-24-/t33-,37-,38-,39+,40+,41-,45-;33-,37-,38-,39+,40+,41-,46-/m11/s1. The SMILES string of the molecule is C=C1/C(=C\C=C2/CCC[C@]3(C)[C@@H]([C@H](C)/C=C/[C@@H](O[Si](C)(C)C(C)(C)C)C4(C)CC4)CC[C@@H]23)C[C@@H](O[Si](C)(C)C(C)(C)C)C[C@@H]1O[Si](C)(C)C(C)(C)C.C=C1/C(=C\C=C2/CCC[C@]3(C)[C@@H]([C@H](C)/C=C/[C@@H](O[Si](C)(C)C(C)(C)C)C4(CO)CC4)CC[C@@H]23)C[C@@H](O[Si](C)(C)C(C)(C)C)C[C@@H]1O[Si](C)(C)C(C)(C)C. The molecule has 105 heavy (non-hydrogen) atoms. The molecule has 0 unspecified atom stereocenters. The van der Waals surface area contributed by atoms with Gasteiger partial charge in [-0.1, -0.05) is 232 Å². The molecule has 8 aliphatic carbocycles. The zero-order chi connectivity index (χ0) is 79.7. The van der Waals surface area contributed by atoms with E-state index in [1.807, 2.05) is 0 Å². The first-order chi connectivity index (χ1) is 47.4. The number of hydrogen-bond acceptors (Lipinski definition) is 7. The first kappa shape index (κ1) is 91.1. The molecule has 8 saturated carbocycles. The van der Waals surface area contributed by atoms with Gasteiger partial charge in [-0.25, -0.2) is 0 Å². The summed E-state index contributed by atoms with van der Waals surface area (Å²) in [4.78, 5) is 0. The van der Waals surface area contributed by atoms with Gasteiger partial charge in [0.2, 0.25) is 0 Å². The minimum absolute atomic E-state index is 0.00627. The maximum Gasteiger partial charge on any atom is 0.192 e. The maximum atomic E-state index is 10.5. The van der Waals surface area contributed by atoms with E-state index in [1.54, 1.807) is 11.1 Å². The third-order valence-corrected chi connectivity index (χ3v) is 58.9. The van der Waals surface area contributed by atoms with E-state index >= 15 is 0 Å². The van der Waals surface area contributed by atoms with Crippen molar-refractivity contribution in [3.8, 4) is 0 Å². The quantitative estimate of drug-likeness (QED) is 0.0807. The summed E-state index contributed by atoms with van der Waals surface area (Å²) in [6, 6.07) is 0. The molecule has 602 valence electrons. The molecule has 0 amide bonds. The average Bonchev–Trinajstić information content (AvgIpc) is 1.64. The van der Waals surface area contributed by atoms with Crippen molar-refractivity contribution >= 4 is 49.9 Å². The topological polar surface area (TPSA) is 75.6 Å². The molecule has 0 aliphatic heterocycles. The Balaban J connectivity index is 0.000000293. The highest BCUT2D eigenvalue weighted by Crippen LogP contribution is 2.63. The van der Waals surface area contributed by atoms with Crippen LogP contribution in [0.2, 0.25) is 109 Å². The smallest absolute Gasteiger partial charge is 0.192 e. The lowest BCUT2D eigenvalue weighted by Gasteiger charge is -2.45. The zero-order valence-electron chi connectivity index (χ0n) is 75.3. The van der Waals surface area contributed by atoms with Crippen LogP contribution in [0.1, 0.15) is 275 Å². The Morgan fingerprint density at radius 3 is 1.04 bits per heavy atom. The van der Waals surface area contributed by atoms with Crippen LogP contribution in [0.3, 0.4) is 0 Å². The summed E-state index contributed by atoms with van der Waals surface area (Å²) in [7, 11) is -11.7. The van der Waals surface area contributed by atoms with Gasteiger partial charge < -0.3 is 31.7 Å². The predicted octanol–water partition coefficient (Wildman–Crippen LogP) is 28.1. The van der Waals surface area contributed by atoms with Crippen molar-refractivity contribution < 1.29 is 31.7 Å². The van der Waals surface area contributed by atoms with Crippen LogP contribution in [0.15, 0.2) is 95.2 Å². The second-order valence-electron chi connectivity index (χ2n) is 46.0. The van der Waals surface area contributed by atoms with E-state index in [2.05, 4.69) is 286 Å². The number of aliphatic hydroxyl groups is 1. The van der Waals surface area contributed by atoms with Gasteiger partial charge in [0.05, 0.1) is 43.2 Å². The number of hydrogen-bond donors (Lipinski definition) is 1. The van der Waals surface area contributed by atoms with Crippen LogP contribution in [0, 0.1) is 57.2 Å². The summed E-state index contributed by atoms with van der Waals surface area (Å²) >= 11 is 0. The molecular weight excluding hydrogens is 1390 g/mol. The van der Waals surface area contributed by atoms with E-state index in [0.717, 1.165) is 38.5 Å². The average molecular weight is 1550 g/mol. The number of allylic oxidation sites excluding steroid dienone is 8. The Morgan fingerprint density at radius 2 is 0.733 bits per heavy atom. The summed E-state index contributed by atoms with van der Waals surface area (Å²) in [5.41, 5.74) is 9.23. The van der Waals surface area contributed by atoms with E-state index < -0.39 is 49.9 Å². The molecule has 0 aromatic heterocycles. The van der Waals surface area contributed by atoms with Gasteiger partial charge in [-0.3, -0.25) is 0 Å². The first-order valence-electron chi connectivity index (χ1n) is 42.7. The van der Waals surface area contributed by atoms with Crippen molar-refractivity contribution in [2.24, 2.45) is 57.2 Å². The molecule has 8 rings (SSSR count). The van der Waals surface area contributed by atoms with Crippen LogP contribution in [0.4, 0.5) is 0 Å². The normalized spacial score (nSPS) is 31.9. The molecule has 8 aliphatic rings. The third kappa shape index (κ3) is 20.9. The number of aliphatic hydroxyl groups excluding tert-OH is 1. The Kier molecular flexibility index (Phi) is 28.0. The highest BCUT2D eigenvalue weighted by atomic mass is 28.4. The van der Waals surface area contributed by atoms with E-state index in [4.69, 9.17) is 39.7 Å². The fraction of sp³-hybridized carbons (Fsp3) is 0.826. The highest BCUT2D eigenvalue weighted by molar-refractivity contribution is 6.76. The molecule has 0 spiro atoms. The largest absolute Gasteiger partial charge is 0.413 e. The molecule has 0 aromatic rings. The Hall–Kier alpha value is -1.06. The molecule has 13 heteroatoms. The summed E-state index contributed by atoms with van der Waals surface area (Å²) in [6.45, 7) is 93.1. The van der Waals surface area contributed by atoms with Gasteiger partial charge in [0, 0.05) is 18.3 Å². The fourth-order valence-electron chi connectivity index (χ4n) is 17.6. The maximum absolute atomic E-state index is 10.5. The molecule has 1 N–H and O–H groups in total. The minimum Gasteiger partial charge on any atom is -0.413 e. The van der Waals surface area contributed by atoms with Gasteiger partial charge in [-0.2, -0.15) is 0 Å². The molecule has 8 fully saturated rings. The highest BCUT2D eigenvalue weighted by Gasteiger charge is 2.56. The molecule has 0 bridgehead atoms. The monoisotopic (exact) mass is 1550 g/mol. The van der Waals surface area contributed by atoms with Crippen LogP contribution < -0.4 is 0 Å². The summed E-state index contributed by atoms with van der Waals surface area (Å²) in [6.07, 6.45) is 41.7. The first-order valence-corrected chi connectivity index (χ1v) is 60.1. The van der Waals surface area contributed by atoms with E-state index in [-0.39, 0.29) is 78.9 Å². The Morgan fingerprint density at radius 1 is 0.419 bits per heavy atom. The van der Waals surface area contributed by atoms with Crippen LogP contribution in [-0.4, -0.2) is 98.2 Å². The van der Waals surface area contributed by atoms with Crippen LogP contribution in [-0.2, 0) is 26.6 Å². The van der Waals surface area contributed by atoms with Gasteiger partial charge >= 0.3 is 0 Å². The van der Waals surface area contributed by atoms with Crippen LogP contribution >= 0.6 is 0 Å². The summed E-state index contributed by atoms with van der Waals surface area (Å²) in [5.74, 6) is 3.67. The van der Waals surface area contributed by atoms with Crippen molar-refractivity contribution in [3.05, 3.63) is 95.2 Å². The van der Waals surface area contributed by atoms with Crippen molar-refractivity contribution in [3.63, 3.8) is 0 Å². The number of rotatable bonds is 23. The molecule has 0 heterocycles. The number of fused-ring (bicyclic) bond motifs is 2. The van der Waals surface area contributed by atoms with Crippen molar-refractivity contribution in [2.45, 2.75) is 420 Å². The summed E-state index contributed by atoms with van der Waals surface area (Å²) < 4.78 is 42.7. The molecule has 0 aromatic carbocycles. The minimum atomic E-state index is -2.01. The predicted molar refractivity (Wildman–Crippen MR) is 471 cm³/mol. The molecule has 0 saturated heterocycles. The zero-order valence-corrected chi connectivity index (χ0v) is 81.3.